The van der Waals surface area contributed by atoms with E-state index in [4.69, 9.17) is 5.73 Å². The molecule has 0 aliphatic rings. The SMILES string of the molecule is Cc1cc(N)cnc1[N+](=O)[O-]. The molecule has 5 nitrogen and oxygen atoms in total. The molecule has 0 atom stereocenters. The van der Waals surface area contributed by atoms with E-state index in [1.807, 2.05) is 0 Å². The first-order valence-corrected chi connectivity index (χ1v) is 2.98. The lowest BCUT2D eigenvalue weighted by atomic mass is 10.3. The van der Waals surface area contributed by atoms with Crippen LogP contribution in [0.15, 0.2) is 12.3 Å². The van der Waals surface area contributed by atoms with Gasteiger partial charge in [0.25, 0.3) is 0 Å². The van der Waals surface area contributed by atoms with E-state index in [0.717, 1.165) is 0 Å². The Morgan fingerprint density at radius 1 is 1.73 bits per heavy atom. The van der Waals surface area contributed by atoms with Gasteiger partial charge in [-0.15, -0.1) is 0 Å². The van der Waals surface area contributed by atoms with Crippen LogP contribution in [0.5, 0.6) is 0 Å². The summed E-state index contributed by atoms with van der Waals surface area (Å²) in [4.78, 5) is 13.3. The zero-order chi connectivity index (χ0) is 8.43. The predicted molar refractivity (Wildman–Crippen MR) is 40.0 cm³/mol. The van der Waals surface area contributed by atoms with E-state index in [1.165, 1.54) is 12.3 Å². The molecule has 1 rings (SSSR count). The van der Waals surface area contributed by atoms with Crippen LogP contribution in [0, 0.1) is 17.0 Å². The van der Waals surface area contributed by atoms with Gasteiger partial charge in [0.1, 0.15) is 0 Å². The van der Waals surface area contributed by atoms with Crippen molar-refractivity contribution in [1.82, 2.24) is 4.98 Å². The highest BCUT2D eigenvalue weighted by Gasteiger charge is 2.10. The Morgan fingerprint density at radius 3 is 2.82 bits per heavy atom. The molecule has 1 aromatic heterocycles. The number of nitro groups is 1. The van der Waals surface area contributed by atoms with Gasteiger partial charge in [-0.2, -0.15) is 0 Å². The van der Waals surface area contributed by atoms with Crippen molar-refractivity contribution in [3.05, 3.63) is 27.9 Å². The highest BCUT2D eigenvalue weighted by Crippen LogP contribution is 2.15. The first-order chi connectivity index (χ1) is 5.11. The van der Waals surface area contributed by atoms with Crippen LogP contribution < -0.4 is 5.73 Å². The number of aryl methyl sites for hydroxylation is 1. The summed E-state index contributed by atoms with van der Waals surface area (Å²) < 4.78 is 0. The molecule has 0 saturated carbocycles. The minimum absolute atomic E-state index is 0.140. The molecule has 58 valence electrons. The second-order valence-corrected chi connectivity index (χ2v) is 2.17. The van der Waals surface area contributed by atoms with Gasteiger partial charge in [0, 0.05) is 5.56 Å². The van der Waals surface area contributed by atoms with Gasteiger partial charge >= 0.3 is 5.82 Å². The number of anilines is 1. The van der Waals surface area contributed by atoms with Gasteiger partial charge in [-0.05, 0) is 22.9 Å². The van der Waals surface area contributed by atoms with Crippen molar-refractivity contribution in [2.75, 3.05) is 5.73 Å². The third kappa shape index (κ3) is 1.43. The maximum Gasteiger partial charge on any atom is 0.366 e. The number of rotatable bonds is 1. The Bertz CT molecular complexity index is 298. The number of pyridine rings is 1. The number of nitrogens with two attached hydrogens (primary N) is 1. The molecule has 0 aliphatic heterocycles. The Morgan fingerprint density at radius 2 is 2.36 bits per heavy atom. The summed E-state index contributed by atoms with van der Waals surface area (Å²) in [6.45, 7) is 1.60. The minimum Gasteiger partial charge on any atom is -0.396 e. The van der Waals surface area contributed by atoms with Gasteiger partial charge in [-0.3, -0.25) is 0 Å². The van der Waals surface area contributed by atoms with E-state index in [-0.39, 0.29) is 5.82 Å². The summed E-state index contributed by atoms with van der Waals surface area (Å²) in [6, 6.07) is 1.52. The van der Waals surface area contributed by atoms with Crippen molar-refractivity contribution in [3.8, 4) is 0 Å². The van der Waals surface area contributed by atoms with Crippen LogP contribution in [0.2, 0.25) is 0 Å². The molecule has 0 spiro atoms. The van der Waals surface area contributed by atoms with E-state index < -0.39 is 4.92 Å². The fourth-order valence-electron chi connectivity index (χ4n) is 0.780. The third-order valence-corrected chi connectivity index (χ3v) is 1.24. The van der Waals surface area contributed by atoms with Crippen molar-refractivity contribution >= 4 is 11.5 Å². The second-order valence-electron chi connectivity index (χ2n) is 2.17. The smallest absolute Gasteiger partial charge is 0.366 e. The summed E-state index contributed by atoms with van der Waals surface area (Å²) in [5, 5.41) is 10.2. The lowest BCUT2D eigenvalue weighted by Gasteiger charge is -1.95. The highest BCUT2D eigenvalue weighted by atomic mass is 16.6. The van der Waals surface area contributed by atoms with Crippen molar-refractivity contribution in [3.63, 3.8) is 0 Å². The lowest BCUT2D eigenvalue weighted by molar-refractivity contribution is -0.390. The summed E-state index contributed by atoms with van der Waals surface area (Å²) in [7, 11) is 0. The van der Waals surface area contributed by atoms with E-state index >= 15 is 0 Å². The van der Waals surface area contributed by atoms with E-state index in [2.05, 4.69) is 4.98 Å². The maximum absolute atomic E-state index is 10.2. The molecule has 11 heavy (non-hydrogen) atoms. The Hall–Kier alpha value is -1.65. The van der Waals surface area contributed by atoms with Gasteiger partial charge in [0.2, 0.25) is 0 Å². The van der Waals surface area contributed by atoms with Crippen LogP contribution in [0.3, 0.4) is 0 Å². The predicted octanol–water partition coefficient (Wildman–Crippen LogP) is 0.880. The number of hydrogen-bond donors (Lipinski definition) is 1. The number of nitrogen functional groups attached to an aromatic ring is 1. The molecule has 0 bridgehead atoms. The highest BCUT2D eigenvalue weighted by molar-refractivity contribution is 5.44. The lowest BCUT2D eigenvalue weighted by Crippen LogP contribution is -1.96. The zero-order valence-electron chi connectivity index (χ0n) is 5.94. The molecule has 0 unspecified atom stereocenters. The van der Waals surface area contributed by atoms with Gasteiger partial charge < -0.3 is 15.8 Å². The zero-order valence-corrected chi connectivity index (χ0v) is 5.94. The summed E-state index contributed by atoms with van der Waals surface area (Å²) in [5.74, 6) is -0.140. The molecule has 0 fully saturated rings. The quantitative estimate of drug-likeness (QED) is 0.479. The van der Waals surface area contributed by atoms with Crippen molar-refractivity contribution in [2.24, 2.45) is 0 Å². The fourth-order valence-corrected chi connectivity index (χ4v) is 0.780. The average Bonchev–Trinajstić information content (AvgIpc) is 1.85. The molecule has 1 heterocycles. The molecule has 1 aromatic rings. The Labute approximate surface area is 63.0 Å². The maximum atomic E-state index is 10.2. The average molecular weight is 153 g/mol. The van der Waals surface area contributed by atoms with Gasteiger partial charge in [-0.25, -0.2) is 0 Å². The fraction of sp³-hybridized carbons (Fsp3) is 0.167. The molecule has 0 aromatic carbocycles. The van der Waals surface area contributed by atoms with E-state index in [1.54, 1.807) is 6.92 Å². The largest absolute Gasteiger partial charge is 0.396 e. The van der Waals surface area contributed by atoms with Crippen LogP contribution in [0.1, 0.15) is 5.56 Å². The minimum atomic E-state index is -0.533. The van der Waals surface area contributed by atoms with Crippen LogP contribution in [0.25, 0.3) is 0 Å². The Balaban J connectivity index is 3.20. The first kappa shape index (κ1) is 7.46. The van der Waals surface area contributed by atoms with Gasteiger partial charge in [0.15, 0.2) is 6.20 Å². The van der Waals surface area contributed by atoms with Gasteiger partial charge in [0.05, 0.1) is 5.69 Å². The second kappa shape index (κ2) is 2.53. The normalized spacial score (nSPS) is 9.55. The topological polar surface area (TPSA) is 82.0 Å². The molecule has 0 saturated heterocycles. The molecule has 5 heteroatoms. The summed E-state index contributed by atoms with van der Waals surface area (Å²) in [5.41, 5.74) is 6.26. The molecule has 0 aliphatic carbocycles. The molecule has 0 radical (unpaired) electrons. The van der Waals surface area contributed by atoms with Crippen LogP contribution >= 0.6 is 0 Å². The van der Waals surface area contributed by atoms with E-state index in [0.29, 0.717) is 11.3 Å². The van der Waals surface area contributed by atoms with Crippen molar-refractivity contribution in [1.29, 1.82) is 0 Å². The van der Waals surface area contributed by atoms with Crippen LogP contribution in [-0.2, 0) is 0 Å². The van der Waals surface area contributed by atoms with Crippen LogP contribution in [0.4, 0.5) is 11.5 Å². The molecular weight excluding hydrogens is 146 g/mol. The monoisotopic (exact) mass is 153 g/mol. The summed E-state index contributed by atoms with van der Waals surface area (Å²) in [6.07, 6.45) is 1.27. The van der Waals surface area contributed by atoms with Gasteiger partial charge in [-0.1, -0.05) is 0 Å². The Kier molecular flexibility index (Phi) is 1.72. The van der Waals surface area contributed by atoms with Crippen molar-refractivity contribution in [2.45, 2.75) is 6.92 Å². The standard InChI is InChI=1S/C6H7N3O2/c1-4-2-5(7)3-8-6(4)9(10)11/h2-3H,7H2,1H3. The molecule has 2 N–H and O–H groups in total. The molecule has 0 amide bonds. The number of nitrogens with zero attached hydrogens (tertiary/aromatic N) is 2. The van der Waals surface area contributed by atoms with E-state index in [9.17, 15) is 10.1 Å². The van der Waals surface area contributed by atoms with Crippen LogP contribution in [-0.4, -0.2) is 9.91 Å². The molecular formula is C6H7N3O2. The first-order valence-electron chi connectivity index (χ1n) is 2.98. The summed E-state index contributed by atoms with van der Waals surface area (Å²) >= 11 is 0. The number of aromatic nitrogens is 1. The van der Waals surface area contributed by atoms with Crippen molar-refractivity contribution < 1.29 is 4.92 Å². The third-order valence-electron chi connectivity index (χ3n) is 1.24. The number of hydrogen-bond acceptors (Lipinski definition) is 4.